The van der Waals surface area contributed by atoms with E-state index in [1.54, 1.807) is 0 Å². The van der Waals surface area contributed by atoms with Crippen LogP contribution in [0.5, 0.6) is 0 Å². The maximum absolute atomic E-state index is 11.5. The number of hydrogen-bond donors (Lipinski definition) is 1. The van der Waals surface area contributed by atoms with E-state index < -0.39 is 6.04 Å². The van der Waals surface area contributed by atoms with E-state index in [-0.39, 0.29) is 5.78 Å². The van der Waals surface area contributed by atoms with Crippen molar-refractivity contribution in [3.05, 3.63) is 24.3 Å². The second-order valence-electron chi connectivity index (χ2n) is 2.89. The first kappa shape index (κ1) is 9.80. The maximum atomic E-state index is 11.5. The Morgan fingerprint density at radius 1 is 1.54 bits per heavy atom. The molecule has 70 valence electrons. The van der Waals surface area contributed by atoms with Crippen LogP contribution in [0.4, 0.5) is 0 Å². The van der Waals surface area contributed by atoms with Gasteiger partial charge in [-0.25, -0.2) is 9.97 Å². The fraction of sp³-hybridized carbons (Fsp3) is 0.444. The van der Waals surface area contributed by atoms with E-state index in [9.17, 15) is 4.79 Å². The van der Waals surface area contributed by atoms with Crippen LogP contribution in [0.3, 0.4) is 0 Å². The van der Waals surface area contributed by atoms with Gasteiger partial charge in [-0.3, -0.25) is 4.79 Å². The lowest BCUT2D eigenvalue weighted by molar-refractivity contribution is 0.0956. The Morgan fingerprint density at radius 2 is 2.15 bits per heavy atom. The van der Waals surface area contributed by atoms with E-state index in [1.807, 2.05) is 6.92 Å². The molecule has 2 N–H and O–H groups in total. The Hall–Kier alpha value is -1.29. The van der Waals surface area contributed by atoms with Gasteiger partial charge in [-0.05, 0) is 6.42 Å². The smallest absolute Gasteiger partial charge is 0.182 e. The van der Waals surface area contributed by atoms with E-state index >= 15 is 0 Å². The van der Waals surface area contributed by atoms with Crippen molar-refractivity contribution < 1.29 is 4.79 Å². The number of carbonyl (C=O) groups is 1. The molecule has 1 rings (SSSR count). The average molecular weight is 179 g/mol. The minimum Gasteiger partial charge on any atom is -0.321 e. The number of aromatic nitrogens is 2. The fourth-order valence-electron chi connectivity index (χ4n) is 1.08. The number of Topliss-reactive ketones (excluding diaryl/α,β-unsaturated/α-hetero) is 1. The second-order valence-corrected chi connectivity index (χ2v) is 2.89. The van der Waals surface area contributed by atoms with Gasteiger partial charge >= 0.3 is 0 Å². The van der Waals surface area contributed by atoms with Crippen molar-refractivity contribution in [1.29, 1.82) is 0 Å². The summed E-state index contributed by atoms with van der Waals surface area (Å²) in [6.07, 6.45) is 5.98. The van der Waals surface area contributed by atoms with Crippen LogP contribution in [0.25, 0.3) is 0 Å². The zero-order valence-electron chi connectivity index (χ0n) is 7.60. The van der Waals surface area contributed by atoms with Gasteiger partial charge in [0.2, 0.25) is 0 Å². The lowest BCUT2D eigenvalue weighted by Gasteiger charge is -2.07. The van der Waals surface area contributed by atoms with Gasteiger partial charge in [0.05, 0.1) is 11.6 Å². The summed E-state index contributed by atoms with van der Waals surface area (Å²) in [7, 11) is 0. The van der Waals surface area contributed by atoms with E-state index in [2.05, 4.69) is 9.97 Å². The third-order valence-corrected chi connectivity index (χ3v) is 1.78. The molecular formula is C9H13N3O. The number of nitrogens with zero attached hydrogens (tertiary/aromatic N) is 2. The molecule has 0 fully saturated rings. The molecule has 0 saturated heterocycles. The quantitative estimate of drug-likeness (QED) is 0.694. The summed E-state index contributed by atoms with van der Waals surface area (Å²) in [5.41, 5.74) is 6.14. The molecule has 1 aromatic rings. The van der Waals surface area contributed by atoms with Gasteiger partial charge in [-0.2, -0.15) is 0 Å². The summed E-state index contributed by atoms with van der Waals surface area (Å²) in [5, 5.41) is 0. The molecule has 0 aliphatic carbocycles. The van der Waals surface area contributed by atoms with Gasteiger partial charge in [0.15, 0.2) is 5.78 Å². The van der Waals surface area contributed by atoms with Crippen LogP contribution in [-0.4, -0.2) is 21.8 Å². The standard InChI is InChI=1S/C9H13N3O/c1-2-3-8(10)9(13)7-4-11-6-12-5-7/h4-6,8H,2-3,10H2,1H3. The fourth-order valence-corrected chi connectivity index (χ4v) is 1.08. The Balaban J connectivity index is 2.68. The van der Waals surface area contributed by atoms with Crippen molar-refractivity contribution >= 4 is 5.78 Å². The number of rotatable bonds is 4. The van der Waals surface area contributed by atoms with Gasteiger partial charge in [0, 0.05) is 12.4 Å². The highest BCUT2D eigenvalue weighted by atomic mass is 16.1. The molecule has 0 amide bonds. The summed E-state index contributed by atoms with van der Waals surface area (Å²) >= 11 is 0. The van der Waals surface area contributed by atoms with Gasteiger partial charge in [-0.15, -0.1) is 0 Å². The lowest BCUT2D eigenvalue weighted by Crippen LogP contribution is -2.30. The first-order valence-electron chi connectivity index (χ1n) is 4.30. The van der Waals surface area contributed by atoms with Crippen molar-refractivity contribution in [1.82, 2.24) is 9.97 Å². The molecule has 1 heterocycles. The molecule has 13 heavy (non-hydrogen) atoms. The molecule has 0 radical (unpaired) electrons. The van der Waals surface area contributed by atoms with Crippen LogP contribution in [-0.2, 0) is 0 Å². The van der Waals surface area contributed by atoms with E-state index in [0.29, 0.717) is 12.0 Å². The van der Waals surface area contributed by atoms with Crippen LogP contribution in [0, 0.1) is 0 Å². The SMILES string of the molecule is CCCC(N)C(=O)c1cncnc1. The lowest BCUT2D eigenvalue weighted by atomic mass is 10.0. The zero-order valence-corrected chi connectivity index (χ0v) is 7.60. The minimum absolute atomic E-state index is 0.0811. The third kappa shape index (κ3) is 2.59. The van der Waals surface area contributed by atoms with Crippen molar-refractivity contribution in [2.45, 2.75) is 25.8 Å². The highest BCUT2D eigenvalue weighted by Crippen LogP contribution is 2.02. The largest absolute Gasteiger partial charge is 0.321 e. The number of carbonyl (C=O) groups excluding carboxylic acids is 1. The topological polar surface area (TPSA) is 68.9 Å². The number of hydrogen-bond acceptors (Lipinski definition) is 4. The van der Waals surface area contributed by atoms with Crippen LogP contribution >= 0.6 is 0 Å². The van der Waals surface area contributed by atoms with E-state index in [4.69, 9.17) is 5.73 Å². The normalized spacial score (nSPS) is 12.5. The molecule has 0 saturated carbocycles. The Kier molecular flexibility index (Phi) is 3.52. The maximum Gasteiger partial charge on any atom is 0.182 e. The number of ketones is 1. The Morgan fingerprint density at radius 3 is 2.69 bits per heavy atom. The summed E-state index contributed by atoms with van der Waals surface area (Å²) in [6.45, 7) is 1.99. The van der Waals surface area contributed by atoms with E-state index in [0.717, 1.165) is 6.42 Å². The molecule has 0 bridgehead atoms. The average Bonchev–Trinajstić information content (AvgIpc) is 2.18. The number of nitrogens with two attached hydrogens (primary N) is 1. The summed E-state index contributed by atoms with van der Waals surface area (Å²) in [5.74, 6) is -0.0811. The van der Waals surface area contributed by atoms with Crippen molar-refractivity contribution in [2.24, 2.45) is 5.73 Å². The molecule has 4 heteroatoms. The Labute approximate surface area is 77.2 Å². The Bertz CT molecular complexity index is 273. The van der Waals surface area contributed by atoms with Gasteiger partial charge in [-0.1, -0.05) is 13.3 Å². The molecule has 4 nitrogen and oxygen atoms in total. The molecule has 0 aromatic carbocycles. The van der Waals surface area contributed by atoms with Gasteiger partial charge in [0.25, 0.3) is 0 Å². The molecule has 1 atom stereocenters. The summed E-state index contributed by atoms with van der Waals surface area (Å²) in [4.78, 5) is 19.1. The van der Waals surface area contributed by atoms with Crippen LogP contribution in [0.2, 0.25) is 0 Å². The molecule has 1 aromatic heterocycles. The van der Waals surface area contributed by atoms with Crippen LogP contribution < -0.4 is 5.73 Å². The molecule has 0 aliphatic heterocycles. The highest BCUT2D eigenvalue weighted by Gasteiger charge is 2.14. The first-order valence-corrected chi connectivity index (χ1v) is 4.30. The van der Waals surface area contributed by atoms with Crippen molar-refractivity contribution in [2.75, 3.05) is 0 Å². The van der Waals surface area contributed by atoms with Gasteiger partial charge in [0.1, 0.15) is 6.33 Å². The van der Waals surface area contributed by atoms with Crippen molar-refractivity contribution in [3.63, 3.8) is 0 Å². The highest BCUT2D eigenvalue weighted by molar-refractivity contribution is 5.99. The van der Waals surface area contributed by atoms with Crippen LogP contribution in [0.1, 0.15) is 30.1 Å². The molecule has 1 unspecified atom stereocenters. The summed E-state index contributed by atoms with van der Waals surface area (Å²) in [6, 6.07) is -0.420. The third-order valence-electron chi connectivity index (χ3n) is 1.78. The predicted octanol–water partition coefficient (Wildman–Crippen LogP) is 0.787. The molecular weight excluding hydrogens is 166 g/mol. The minimum atomic E-state index is -0.420. The predicted molar refractivity (Wildman–Crippen MR) is 49.2 cm³/mol. The summed E-state index contributed by atoms with van der Waals surface area (Å²) < 4.78 is 0. The van der Waals surface area contributed by atoms with E-state index in [1.165, 1.54) is 18.7 Å². The monoisotopic (exact) mass is 179 g/mol. The molecule has 0 aliphatic rings. The van der Waals surface area contributed by atoms with Crippen molar-refractivity contribution in [3.8, 4) is 0 Å². The first-order chi connectivity index (χ1) is 6.25. The second kappa shape index (κ2) is 4.67. The van der Waals surface area contributed by atoms with Crippen LogP contribution in [0.15, 0.2) is 18.7 Å². The van der Waals surface area contributed by atoms with Gasteiger partial charge < -0.3 is 5.73 Å². The zero-order chi connectivity index (χ0) is 9.68. The molecule has 0 spiro atoms.